The molecule has 0 fully saturated rings. The summed E-state index contributed by atoms with van der Waals surface area (Å²) in [5, 5.41) is 8.78. The first-order valence-corrected chi connectivity index (χ1v) is 18.6. The smallest absolute Gasteiger partial charge is 0.306 e. The first-order valence-electron chi connectivity index (χ1n) is 18.6. The van der Waals surface area contributed by atoms with Crippen LogP contribution in [0.5, 0.6) is 0 Å². The standard InChI is InChI=1S/C40H70O4/c1-3-5-7-9-10-11-12-13-14-15-16-17-18-19-20-21-22-23-24-25-26-27-33-37-40(43)44-38(34-30-8-6-4-2)35-31-28-29-32-36-39(41)42/h5,7,10-11,13-14,16-17,38H,3-4,6,8-9,12,15,18-37H2,1-2H3,(H,41,42)/b7-5-,11-10-,14-13-,17-16-. The summed E-state index contributed by atoms with van der Waals surface area (Å²) in [6.07, 6.45) is 47.2. The van der Waals surface area contributed by atoms with Crippen molar-refractivity contribution in [3.63, 3.8) is 0 Å². The van der Waals surface area contributed by atoms with Gasteiger partial charge in [0.05, 0.1) is 0 Å². The van der Waals surface area contributed by atoms with Gasteiger partial charge in [-0.25, -0.2) is 0 Å². The molecule has 0 heterocycles. The number of hydrogen-bond acceptors (Lipinski definition) is 3. The Morgan fingerprint density at radius 3 is 1.48 bits per heavy atom. The second kappa shape index (κ2) is 35.4. The second-order valence-corrected chi connectivity index (χ2v) is 12.4. The largest absolute Gasteiger partial charge is 0.481 e. The van der Waals surface area contributed by atoms with Gasteiger partial charge in [-0.1, -0.05) is 146 Å². The molecule has 44 heavy (non-hydrogen) atoms. The van der Waals surface area contributed by atoms with Crippen molar-refractivity contribution in [3.8, 4) is 0 Å². The summed E-state index contributed by atoms with van der Waals surface area (Å²) in [7, 11) is 0. The molecule has 4 nitrogen and oxygen atoms in total. The van der Waals surface area contributed by atoms with Crippen LogP contribution in [0.15, 0.2) is 48.6 Å². The minimum Gasteiger partial charge on any atom is -0.481 e. The van der Waals surface area contributed by atoms with Crippen LogP contribution in [0.1, 0.15) is 187 Å². The van der Waals surface area contributed by atoms with Crippen LogP contribution in [0.4, 0.5) is 0 Å². The number of carbonyl (C=O) groups excluding carboxylic acids is 1. The van der Waals surface area contributed by atoms with E-state index < -0.39 is 5.97 Å². The van der Waals surface area contributed by atoms with E-state index in [1.165, 1.54) is 77.0 Å². The zero-order chi connectivity index (χ0) is 32.2. The molecule has 1 unspecified atom stereocenters. The molecule has 0 aromatic rings. The fourth-order valence-corrected chi connectivity index (χ4v) is 5.35. The van der Waals surface area contributed by atoms with Gasteiger partial charge in [0.2, 0.25) is 0 Å². The quantitative estimate of drug-likeness (QED) is 0.0454. The highest BCUT2D eigenvalue weighted by atomic mass is 16.5. The first-order chi connectivity index (χ1) is 21.6. The lowest BCUT2D eigenvalue weighted by atomic mass is 10.0. The number of ether oxygens (including phenoxy) is 1. The van der Waals surface area contributed by atoms with Gasteiger partial charge in [-0.3, -0.25) is 9.59 Å². The molecule has 0 rings (SSSR count). The predicted octanol–water partition coefficient (Wildman–Crippen LogP) is 12.8. The number of carboxylic acids is 1. The first kappa shape index (κ1) is 41.9. The van der Waals surface area contributed by atoms with Crippen LogP contribution in [0, 0.1) is 0 Å². The average Bonchev–Trinajstić information content (AvgIpc) is 3.01. The van der Waals surface area contributed by atoms with Crippen LogP contribution in [-0.2, 0) is 14.3 Å². The number of esters is 1. The maximum absolute atomic E-state index is 12.5. The molecule has 0 aliphatic rings. The van der Waals surface area contributed by atoms with Crippen LogP contribution >= 0.6 is 0 Å². The zero-order valence-corrected chi connectivity index (χ0v) is 29.0. The number of carbonyl (C=O) groups is 2. The SMILES string of the molecule is CC/C=C\C/C=C\C/C=C\C/C=C\CCCCCCCCCCCCC(=O)OC(CCCCCC)CCCCCCC(=O)O. The molecule has 0 radical (unpaired) electrons. The zero-order valence-electron chi connectivity index (χ0n) is 29.0. The molecular weight excluding hydrogens is 544 g/mol. The van der Waals surface area contributed by atoms with Gasteiger partial charge in [-0.15, -0.1) is 0 Å². The Hall–Kier alpha value is -2.10. The van der Waals surface area contributed by atoms with E-state index in [1.807, 2.05) is 0 Å². The van der Waals surface area contributed by atoms with E-state index in [-0.39, 0.29) is 18.5 Å². The Labute approximate surface area is 272 Å². The highest BCUT2D eigenvalue weighted by molar-refractivity contribution is 5.69. The Morgan fingerprint density at radius 1 is 0.523 bits per heavy atom. The number of aliphatic carboxylic acids is 1. The minimum absolute atomic E-state index is 0.0263. The van der Waals surface area contributed by atoms with Crippen LogP contribution in [0.3, 0.4) is 0 Å². The van der Waals surface area contributed by atoms with Gasteiger partial charge in [0.25, 0.3) is 0 Å². The molecule has 0 aromatic heterocycles. The summed E-state index contributed by atoms with van der Waals surface area (Å²) in [4.78, 5) is 23.1. The topological polar surface area (TPSA) is 63.6 Å². The van der Waals surface area contributed by atoms with E-state index in [1.54, 1.807) is 0 Å². The van der Waals surface area contributed by atoms with Crippen molar-refractivity contribution < 1.29 is 19.4 Å². The van der Waals surface area contributed by atoms with Crippen LogP contribution in [0.2, 0.25) is 0 Å². The summed E-state index contributed by atoms with van der Waals surface area (Å²) in [5.41, 5.74) is 0. The van der Waals surface area contributed by atoms with E-state index in [9.17, 15) is 9.59 Å². The van der Waals surface area contributed by atoms with Crippen molar-refractivity contribution in [3.05, 3.63) is 48.6 Å². The summed E-state index contributed by atoms with van der Waals surface area (Å²) >= 11 is 0. The van der Waals surface area contributed by atoms with Gasteiger partial charge in [0.1, 0.15) is 6.10 Å². The molecule has 0 amide bonds. The molecule has 254 valence electrons. The Morgan fingerprint density at radius 2 is 0.955 bits per heavy atom. The van der Waals surface area contributed by atoms with Crippen molar-refractivity contribution >= 4 is 11.9 Å². The van der Waals surface area contributed by atoms with E-state index in [4.69, 9.17) is 9.84 Å². The third-order valence-electron chi connectivity index (χ3n) is 8.07. The summed E-state index contributed by atoms with van der Waals surface area (Å²) < 4.78 is 5.88. The second-order valence-electron chi connectivity index (χ2n) is 12.4. The van der Waals surface area contributed by atoms with Crippen molar-refractivity contribution in [2.45, 2.75) is 193 Å². The van der Waals surface area contributed by atoms with Gasteiger partial charge >= 0.3 is 11.9 Å². The summed E-state index contributed by atoms with van der Waals surface area (Å²) in [6, 6.07) is 0. The Bertz CT molecular complexity index is 748. The molecule has 0 bridgehead atoms. The predicted molar refractivity (Wildman–Crippen MR) is 190 cm³/mol. The van der Waals surface area contributed by atoms with Gasteiger partial charge in [0, 0.05) is 12.8 Å². The third kappa shape index (κ3) is 34.4. The minimum atomic E-state index is -0.715. The monoisotopic (exact) mass is 615 g/mol. The molecule has 0 aliphatic carbocycles. The van der Waals surface area contributed by atoms with Crippen LogP contribution < -0.4 is 0 Å². The fraction of sp³-hybridized carbons (Fsp3) is 0.750. The molecule has 0 aromatic carbocycles. The molecular formula is C40H70O4. The number of carboxylic acid groups (broad SMARTS) is 1. The number of allylic oxidation sites excluding steroid dienone is 8. The fourth-order valence-electron chi connectivity index (χ4n) is 5.35. The van der Waals surface area contributed by atoms with Gasteiger partial charge in [-0.2, -0.15) is 0 Å². The van der Waals surface area contributed by atoms with Crippen molar-refractivity contribution in [2.75, 3.05) is 0 Å². The van der Waals surface area contributed by atoms with Gasteiger partial charge in [-0.05, 0) is 77.0 Å². The average molecular weight is 615 g/mol. The number of unbranched alkanes of at least 4 members (excludes halogenated alkanes) is 16. The van der Waals surface area contributed by atoms with E-state index in [0.29, 0.717) is 6.42 Å². The maximum Gasteiger partial charge on any atom is 0.306 e. The van der Waals surface area contributed by atoms with Crippen LogP contribution in [-0.4, -0.2) is 23.1 Å². The lowest BCUT2D eigenvalue weighted by molar-refractivity contribution is -0.150. The van der Waals surface area contributed by atoms with E-state index in [2.05, 4.69) is 62.5 Å². The van der Waals surface area contributed by atoms with Gasteiger partial charge < -0.3 is 9.84 Å². The number of hydrogen-bond donors (Lipinski definition) is 1. The Kier molecular flexibility index (Phi) is 33.7. The molecule has 0 saturated carbocycles. The molecule has 0 spiro atoms. The van der Waals surface area contributed by atoms with Crippen molar-refractivity contribution in [1.82, 2.24) is 0 Å². The van der Waals surface area contributed by atoms with E-state index in [0.717, 1.165) is 83.5 Å². The van der Waals surface area contributed by atoms with Crippen LogP contribution in [0.25, 0.3) is 0 Å². The number of rotatable bonds is 33. The molecule has 0 saturated heterocycles. The molecule has 4 heteroatoms. The summed E-state index contributed by atoms with van der Waals surface area (Å²) in [6.45, 7) is 4.38. The highest BCUT2D eigenvalue weighted by Gasteiger charge is 2.14. The summed E-state index contributed by atoms with van der Waals surface area (Å²) in [5.74, 6) is -0.741. The highest BCUT2D eigenvalue weighted by Crippen LogP contribution is 2.18. The Balaban J connectivity index is 3.69. The van der Waals surface area contributed by atoms with Crippen molar-refractivity contribution in [1.29, 1.82) is 0 Å². The lowest BCUT2D eigenvalue weighted by Crippen LogP contribution is -2.18. The van der Waals surface area contributed by atoms with Gasteiger partial charge in [0.15, 0.2) is 0 Å². The van der Waals surface area contributed by atoms with Crippen molar-refractivity contribution in [2.24, 2.45) is 0 Å². The van der Waals surface area contributed by atoms with E-state index >= 15 is 0 Å². The molecule has 1 N–H and O–H groups in total. The molecule has 1 atom stereocenters. The normalized spacial score (nSPS) is 12.8. The lowest BCUT2D eigenvalue weighted by Gasteiger charge is -2.18. The maximum atomic E-state index is 12.5. The third-order valence-corrected chi connectivity index (χ3v) is 8.07. The molecule has 0 aliphatic heterocycles.